The Labute approximate surface area is 115 Å². The predicted molar refractivity (Wildman–Crippen MR) is 78.0 cm³/mol. The lowest BCUT2D eigenvalue weighted by atomic mass is 10.1. The SMILES string of the molecule is CCNc1ncccc1CN(C)CC(C)C(=O)NC. The highest BCUT2D eigenvalue weighted by Gasteiger charge is 2.14. The number of carbonyl (C=O) groups excluding carboxylic acids is 1. The van der Waals surface area contributed by atoms with Crippen LogP contribution in [0.3, 0.4) is 0 Å². The topological polar surface area (TPSA) is 57.3 Å². The molecule has 2 N–H and O–H groups in total. The van der Waals surface area contributed by atoms with E-state index >= 15 is 0 Å². The molecule has 1 rings (SSSR count). The van der Waals surface area contributed by atoms with Gasteiger partial charge in [-0.05, 0) is 20.0 Å². The van der Waals surface area contributed by atoms with E-state index in [4.69, 9.17) is 0 Å². The number of nitrogens with zero attached hydrogens (tertiary/aromatic N) is 2. The zero-order valence-corrected chi connectivity index (χ0v) is 12.2. The van der Waals surface area contributed by atoms with Gasteiger partial charge in [-0.2, -0.15) is 0 Å². The minimum absolute atomic E-state index is 0.0192. The van der Waals surface area contributed by atoms with Gasteiger partial charge in [0.1, 0.15) is 5.82 Å². The molecule has 19 heavy (non-hydrogen) atoms. The monoisotopic (exact) mass is 264 g/mol. The standard InChI is InChI=1S/C14H24N4O/c1-5-16-13-12(7-6-8-17-13)10-18(4)9-11(2)14(19)15-3/h6-8,11H,5,9-10H2,1-4H3,(H,15,19)(H,16,17). The summed E-state index contributed by atoms with van der Waals surface area (Å²) in [5.74, 6) is 0.976. The second-order valence-electron chi connectivity index (χ2n) is 4.75. The van der Waals surface area contributed by atoms with Crippen molar-refractivity contribution in [3.05, 3.63) is 23.9 Å². The third-order valence-corrected chi connectivity index (χ3v) is 2.96. The number of rotatable bonds is 7. The van der Waals surface area contributed by atoms with E-state index in [9.17, 15) is 4.79 Å². The van der Waals surface area contributed by atoms with Crippen LogP contribution in [0, 0.1) is 5.92 Å². The van der Waals surface area contributed by atoms with Gasteiger partial charge in [-0.15, -0.1) is 0 Å². The first-order chi connectivity index (χ1) is 9.08. The summed E-state index contributed by atoms with van der Waals surface area (Å²) in [7, 11) is 3.69. The molecular formula is C14H24N4O. The smallest absolute Gasteiger partial charge is 0.223 e. The number of hydrogen-bond donors (Lipinski definition) is 2. The fraction of sp³-hybridized carbons (Fsp3) is 0.571. The lowest BCUT2D eigenvalue weighted by Crippen LogP contribution is -2.34. The van der Waals surface area contributed by atoms with Gasteiger partial charge in [-0.25, -0.2) is 4.98 Å². The van der Waals surface area contributed by atoms with Gasteiger partial charge in [-0.1, -0.05) is 13.0 Å². The molecule has 0 bridgehead atoms. The highest BCUT2D eigenvalue weighted by Crippen LogP contribution is 2.14. The van der Waals surface area contributed by atoms with Crippen LogP contribution in [-0.2, 0) is 11.3 Å². The summed E-state index contributed by atoms with van der Waals surface area (Å²) in [6, 6.07) is 4.00. The molecule has 5 nitrogen and oxygen atoms in total. The van der Waals surface area contributed by atoms with Crippen molar-refractivity contribution in [2.24, 2.45) is 5.92 Å². The van der Waals surface area contributed by atoms with Crippen LogP contribution in [-0.4, -0.2) is 43.0 Å². The summed E-state index contributed by atoms with van der Waals surface area (Å²) in [6.07, 6.45) is 1.79. The first-order valence-electron chi connectivity index (χ1n) is 6.66. The van der Waals surface area contributed by atoms with Gasteiger partial charge in [-0.3, -0.25) is 4.79 Å². The van der Waals surface area contributed by atoms with Crippen molar-refractivity contribution in [2.75, 3.05) is 32.5 Å². The number of amides is 1. The molecule has 1 aromatic heterocycles. The maximum Gasteiger partial charge on any atom is 0.223 e. The van der Waals surface area contributed by atoms with Gasteiger partial charge in [0.25, 0.3) is 0 Å². The molecule has 1 aromatic rings. The summed E-state index contributed by atoms with van der Waals surface area (Å²) in [4.78, 5) is 18.0. The van der Waals surface area contributed by atoms with Crippen molar-refractivity contribution in [1.82, 2.24) is 15.2 Å². The molecule has 1 amide bonds. The summed E-state index contributed by atoms with van der Waals surface area (Å²) in [5, 5.41) is 5.93. The second kappa shape index (κ2) is 7.74. The molecule has 1 unspecified atom stereocenters. The van der Waals surface area contributed by atoms with Gasteiger partial charge in [0, 0.05) is 44.4 Å². The van der Waals surface area contributed by atoms with E-state index in [1.165, 1.54) is 0 Å². The van der Waals surface area contributed by atoms with Crippen molar-refractivity contribution in [2.45, 2.75) is 20.4 Å². The van der Waals surface area contributed by atoms with Crippen LogP contribution >= 0.6 is 0 Å². The molecule has 5 heteroatoms. The molecule has 1 atom stereocenters. The second-order valence-corrected chi connectivity index (χ2v) is 4.75. The van der Waals surface area contributed by atoms with Crippen LogP contribution < -0.4 is 10.6 Å². The van der Waals surface area contributed by atoms with Crippen LogP contribution in [0.1, 0.15) is 19.4 Å². The van der Waals surface area contributed by atoms with E-state index in [2.05, 4.69) is 33.5 Å². The first kappa shape index (κ1) is 15.4. The zero-order valence-electron chi connectivity index (χ0n) is 12.2. The largest absolute Gasteiger partial charge is 0.370 e. The average molecular weight is 264 g/mol. The number of carbonyl (C=O) groups is 1. The van der Waals surface area contributed by atoms with Gasteiger partial charge < -0.3 is 15.5 Å². The van der Waals surface area contributed by atoms with Gasteiger partial charge in [0.15, 0.2) is 0 Å². The maximum atomic E-state index is 11.5. The molecule has 0 aliphatic carbocycles. The fourth-order valence-corrected chi connectivity index (χ4v) is 2.04. The Kier molecular flexibility index (Phi) is 6.29. The molecule has 0 aliphatic rings. The Morgan fingerprint density at radius 3 is 2.89 bits per heavy atom. The third-order valence-electron chi connectivity index (χ3n) is 2.96. The Morgan fingerprint density at radius 2 is 2.26 bits per heavy atom. The van der Waals surface area contributed by atoms with E-state index in [1.807, 2.05) is 20.0 Å². The maximum absolute atomic E-state index is 11.5. The van der Waals surface area contributed by atoms with Crippen molar-refractivity contribution >= 4 is 11.7 Å². The average Bonchev–Trinajstić information content (AvgIpc) is 2.40. The van der Waals surface area contributed by atoms with Gasteiger partial charge >= 0.3 is 0 Å². The molecule has 0 saturated carbocycles. The highest BCUT2D eigenvalue weighted by molar-refractivity contribution is 5.78. The van der Waals surface area contributed by atoms with E-state index in [0.29, 0.717) is 0 Å². The van der Waals surface area contributed by atoms with Crippen molar-refractivity contribution in [3.8, 4) is 0 Å². The number of anilines is 1. The molecule has 0 radical (unpaired) electrons. The summed E-state index contributed by atoms with van der Waals surface area (Å²) >= 11 is 0. The molecule has 106 valence electrons. The van der Waals surface area contributed by atoms with Crippen molar-refractivity contribution < 1.29 is 4.79 Å². The lowest BCUT2D eigenvalue weighted by Gasteiger charge is -2.21. The van der Waals surface area contributed by atoms with Crippen LogP contribution in [0.2, 0.25) is 0 Å². The van der Waals surface area contributed by atoms with Crippen LogP contribution in [0.4, 0.5) is 5.82 Å². The zero-order chi connectivity index (χ0) is 14.3. The predicted octanol–water partition coefficient (Wildman–Crippen LogP) is 1.33. The van der Waals surface area contributed by atoms with E-state index in [0.717, 1.165) is 31.0 Å². The number of hydrogen-bond acceptors (Lipinski definition) is 4. The van der Waals surface area contributed by atoms with Crippen LogP contribution in [0.15, 0.2) is 18.3 Å². The summed E-state index contributed by atoms with van der Waals surface area (Å²) in [6.45, 7) is 6.33. The normalized spacial score (nSPS) is 12.3. The minimum atomic E-state index is -0.0192. The Balaban J connectivity index is 2.61. The van der Waals surface area contributed by atoms with E-state index in [-0.39, 0.29) is 11.8 Å². The Morgan fingerprint density at radius 1 is 1.53 bits per heavy atom. The quantitative estimate of drug-likeness (QED) is 0.780. The third kappa shape index (κ3) is 4.87. The summed E-state index contributed by atoms with van der Waals surface area (Å²) in [5.41, 5.74) is 1.15. The molecule has 0 spiro atoms. The molecule has 0 aliphatic heterocycles. The highest BCUT2D eigenvalue weighted by atomic mass is 16.1. The van der Waals surface area contributed by atoms with Gasteiger partial charge in [0.05, 0.1) is 0 Å². The Hall–Kier alpha value is -1.62. The fourth-order valence-electron chi connectivity index (χ4n) is 2.04. The first-order valence-corrected chi connectivity index (χ1v) is 6.66. The molecule has 0 aromatic carbocycles. The summed E-state index contributed by atoms with van der Waals surface area (Å²) < 4.78 is 0. The Bertz CT molecular complexity index is 408. The van der Waals surface area contributed by atoms with E-state index < -0.39 is 0 Å². The van der Waals surface area contributed by atoms with Crippen LogP contribution in [0.5, 0.6) is 0 Å². The molecule has 1 heterocycles. The molecule has 0 saturated heterocycles. The van der Waals surface area contributed by atoms with Crippen molar-refractivity contribution in [1.29, 1.82) is 0 Å². The minimum Gasteiger partial charge on any atom is -0.370 e. The molecular weight excluding hydrogens is 240 g/mol. The lowest BCUT2D eigenvalue weighted by molar-refractivity contribution is -0.124. The molecule has 0 fully saturated rings. The van der Waals surface area contributed by atoms with Crippen molar-refractivity contribution in [3.63, 3.8) is 0 Å². The number of nitrogens with one attached hydrogen (secondary N) is 2. The van der Waals surface area contributed by atoms with E-state index in [1.54, 1.807) is 13.2 Å². The number of aromatic nitrogens is 1. The van der Waals surface area contributed by atoms with Gasteiger partial charge in [0.2, 0.25) is 5.91 Å². The van der Waals surface area contributed by atoms with Crippen LogP contribution in [0.25, 0.3) is 0 Å². The number of pyridine rings is 1.